The summed E-state index contributed by atoms with van der Waals surface area (Å²) in [6.45, 7) is 3.61. The van der Waals surface area contributed by atoms with Crippen LogP contribution in [0.2, 0.25) is 0 Å². The first-order valence-corrected chi connectivity index (χ1v) is 4.73. The van der Waals surface area contributed by atoms with Gasteiger partial charge in [0.05, 0.1) is 11.5 Å². The van der Waals surface area contributed by atoms with Gasteiger partial charge in [-0.25, -0.2) is 4.79 Å². The maximum absolute atomic E-state index is 11.1. The van der Waals surface area contributed by atoms with Crippen LogP contribution in [-0.4, -0.2) is 17.6 Å². The number of ether oxygens (including phenoxy) is 1. The summed E-state index contributed by atoms with van der Waals surface area (Å²) in [5.74, 6) is 0. The van der Waals surface area contributed by atoms with Crippen LogP contribution in [0.5, 0.6) is 0 Å². The molecule has 0 fully saturated rings. The van der Waals surface area contributed by atoms with Gasteiger partial charge in [0.15, 0.2) is 0 Å². The molecule has 0 saturated heterocycles. The molecule has 0 spiro atoms. The van der Waals surface area contributed by atoms with Gasteiger partial charge in [-0.15, -0.1) is 0 Å². The van der Waals surface area contributed by atoms with E-state index in [1.165, 1.54) is 12.1 Å². The predicted octanol–water partition coefficient (Wildman–Crippen LogP) is 2.47. The van der Waals surface area contributed by atoms with Crippen LogP contribution in [0.3, 0.4) is 0 Å². The molecule has 1 amide bonds. The molecule has 0 radical (unpaired) electrons. The van der Waals surface area contributed by atoms with Gasteiger partial charge < -0.3 is 4.74 Å². The Labute approximate surface area is 92.4 Å². The second kappa shape index (κ2) is 5.11. The smallest absolute Gasteiger partial charge is 0.411 e. The number of nitrogens with zero attached hydrogens (tertiary/aromatic N) is 1. The van der Waals surface area contributed by atoms with Gasteiger partial charge >= 0.3 is 6.09 Å². The van der Waals surface area contributed by atoms with E-state index in [1.54, 1.807) is 19.9 Å². The lowest BCUT2D eigenvalue weighted by Gasteiger charge is -2.06. The molecule has 6 nitrogen and oxygen atoms in total. The van der Waals surface area contributed by atoms with Gasteiger partial charge in [-0.3, -0.25) is 15.4 Å². The average molecular weight is 224 g/mol. The highest BCUT2D eigenvalue weighted by Gasteiger charge is 2.15. The van der Waals surface area contributed by atoms with Crippen molar-refractivity contribution in [3.63, 3.8) is 0 Å². The van der Waals surface area contributed by atoms with Crippen LogP contribution in [0, 0.1) is 17.0 Å². The third-order valence-electron chi connectivity index (χ3n) is 1.86. The number of aryl methyl sites for hydroxylation is 1. The third kappa shape index (κ3) is 2.94. The molecule has 0 heterocycles. The van der Waals surface area contributed by atoms with Crippen molar-refractivity contribution in [2.24, 2.45) is 0 Å². The fourth-order valence-electron chi connectivity index (χ4n) is 1.18. The van der Waals surface area contributed by atoms with E-state index >= 15 is 0 Å². The summed E-state index contributed by atoms with van der Waals surface area (Å²) in [7, 11) is 0. The van der Waals surface area contributed by atoms with E-state index in [-0.39, 0.29) is 18.0 Å². The van der Waals surface area contributed by atoms with Crippen molar-refractivity contribution in [3.8, 4) is 0 Å². The maximum atomic E-state index is 11.1. The van der Waals surface area contributed by atoms with Gasteiger partial charge in [0, 0.05) is 6.07 Å². The Bertz CT molecular complexity index is 417. The van der Waals surface area contributed by atoms with Gasteiger partial charge in [0.1, 0.15) is 5.69 Å². The quantitative estimate of drug-likeness (QED) is 0.631. The first kappa shape index (κ1) is 12.0. The number of carbonyl (C=O) groups excluding carboxylic acids is 1. The molecule has 1 N–H and O–H groups in total. The van der Waals surface area contributed by atoms with Gasteiger partial charge in [0.2, 0.25) is 0 Å². The molecule has 0 aliphatic carbocycles. The maximum Gasteiger partial charge on any atom is 0.411 e. The normalized spacial score (nSPS) is 9.62. The number of amides is 1. The average Bonchev–Trinajstić information content (AvgIpc) is 2.20. The summed E-state index contributed by atoms with van der Waals surface area (Å²) >= 11 is 0. The summed E-state index contributed by atoms with van der Waals surface area (Å²) < 4.78 is 4.64. The minimum absolute atomic E-state index is 0.133. The fraction of sp³-hybridized carbons (Fsp3) is 0.300. The lowest BCUT2D eigenvalue weighted by atomic mass is 10.2. The highest BCUT2D eigenvalue weighted by atomic mass is 16.6. The Morgan fingerprint density at radius 3 is 2.81 bits per heavy atom. The number of nitro benzene ring substituents is 1. The van der Waals surface area contributed by atoms with Crippen LogP contribution in [0.15, 0.2) is 18.2 Å². The van der Waals surface area contributed by atoms with E-state index in [1.807, 2.05) is 0 Å². The van der Waals surface area contributed by atoms with Crippen molar-refractivity contribution in [1.82, 2.24) is 0 Å². The number of carbonyl (C=O) groups is 1. The van der Waals surface area contributed by atoms with Crippen molar-refractivity contribution in [2.75, 3.05) is 11.9 Å². The minimum atomic E-state index is -0.700. The standard InChI is InChI=1S/C10H12N2O4/c1-3-16-10(13)11-8-5-4-7(2)6-9(8)12(14)15/h4-6H,3H2,1-2H3,(H,11,13). The third-order valence-corrected chi connectivity index (χ3v) is 1.86. The number of rotatable bonds is 3. The van der Waals surface area contributed by atoms with Crippen LogP contribution in [-0.2, 0) is 4.74 Å². The molecular weight excluding hydrogens is 212 g/mol. The second-order valence-corrected chi connectivity index (χ2v) is 3.12. The van der Waals surface area contributed by atoms with E-state index in [0.717, 1.165) is 5.56 Å². The Hall–Kier alpha value is -2.11. The number of benzene rings is 1. The summed E-state index contributed by atoms with van der Waals surface area (Å²) in [5.41, 5.74) is 0.739. The molecule has 86 valence electrons. The molecular formula is C10H12N2O4. The molecule has 6 heteroatoms. The highest BCUT2D eigenvalue weighted by Crippen LogP contribution is 2.25. The van der Waals surface area contributed by atoms with E-state index < -0.39 is 11.0 Å². The lowest BCUT2D eigenvalue weighted by molar-refractivity contribution is -0.384. The van der Waals surface area contributed by atoms with E-state index in [0.29, 0.717) is 0 Å². The van der Waals surface area contributed by atoms with Crippen LogP contribution in [0.1, 0.15) is 12.5 Å². The minimum Gasteiger partial charge on any atom is -0.450 e. The van der Waals surface area contributed by atoms with Gasteiger partial charge in [0.25, 0.3) is 5.69 Å². The SMILES string of the molecule is CCOC(=O)Nc1ccc(C)cc1[N+](=O)[O-]. The Morgan fingerprint density at radius 1 is 1.56 bits per heavy atom. The highest BCUT2D eigenvalue weighted by molar-refractivity contribution is 5.87. The predicted molar refractivity (Wildman–Crippen MR) is 58.5 cm³/mol. The number of hydrogen-bond donors (Lipinski definition) is 1. The van der Waals surface area contributed by atoms with Crippen molar-refractivity contribution < 1.29 is 14.5 Å². The summed E-state index contributed by atoms with van der Waals surface area (Å²) in [5, 5.41) is 13.0. The molecule has 1 aromatic rings. The van der Waals surface area contributed by atoms with Crippen LogP contribution >= 0.6 is 0 Å². The molecule has 0 unspecified atom stereocenters. The first-order valence-electron chi connectivity index (χ1n) is 4.73. The number of nitro groups is 1. The molecule has 1 aromatic carbocycles. The van der Waals surface area contributed by atoms with Crippen molar-refractivity contribution in [1.29, 1.82) is 0 Å². The molecule has 0 bridgehead atoms. The van der Waals surface area contributed by atoms with Crippen molar-refractivity contribution >= 4 is 17.5 Å². The first-order chi connectivity index (χ1) is 7.54. The van der Waals surface area contributed by atoms with E-state index in [2.05, 4.69) is 10.1 Å². The van der Waals surface area contributed by atoms with E-state index in [9.17, 15) is 14.9 Å². The van der Waals surface area contributed by atoms with Crippen LogP contribution in [0.4, 0.5) is 16.2 Å². The van der Waals surface area contributed by atoms with Crippen molar-refractivity contribution in [2.45, 2.75) is 13.8 Å². The summed E-state index contributed by atoms with van der Waals surface area (Å²) in [6.07, 6.45) is -0.700. The topological polar surface area (TPSA) is 81.5 Å². The monoisotopic (exact) mass is 224 g/mol. The molecule has 1 rings (SSSR count). The molecule has 0 atom stereocenters. The fourth-order valence-corrected chi connectivity index (χ4v) is 1.18. The Balaban J connectivity index is 2.95. The van der Waals surface area contributed by atoms with Gasteiger partial charge in [-0.1, -0.05) is 6.07 Å². The Morgan fingerprint density at radius 2 is 2.25 bits per heavy atom. The number of hydrogen-bond acceptors (Lipinski definition) is 4. The molecule has 16 heavy (non-hydrogen) atoms. The molecule has 0 saturated carbocycles. The second-order valence-electron chi connectivity index (χ2n) is 3.12. The van der Waals surface area contributed by atoms with Crippen LogP contribution in [0.25, 0.3) is 0 Å². The Kier molecular flexibility index (Phi) is 3.82. The zero-order chi connectivity index (χ0) is 12.1. The lowest BCUT2D eigenvalue weighted by Crippen LogP contribution is -2.14. The zero-order valence-electron chi connectivity index (χ0n) is 9.02. The number of nitrogens with one attached hydrogen (secondary N) is 1. The molecule has 0 aliphatic rings. The summed E-state index contributed by atoms with van der Waals surface area (Å²) in [6, 6.07) is 4.54. The van der Waals surface area contributed by atoms with Gasteiger partial charge in [-0.05, 0) is 25.5 Å². The van der Waals surface area contributed by atoms with Gasteiger partial charge in [-0.2, -0.15) is 0 Å². The molecule has 0 aromatic heterocycles. The zero-order valence-corrected chi connectivity index (χ0v) is 9.02. The largest absolute Gasteiger partial charge is 0.450 e. The van der Waals surface area contributed by atoms with Crippen LogP contribution < -0.4 is 5.32 Å². The molecule has 0 aliphatic heterocycles. The number of anilines is 1. The van der Waals surface area contributed by atoms with E-state index in [4.69, 9.17) is 0 Å². The van der Waals surface area contributed by atoms with Crippen molar-refractivity contribution in [3.05, 3.63) is 33.9 Å². The summed E-state index contributed by atoms with van der Waals surface area (Å²) in [4.78, 5) is 21.3.